The highest BCUT2D eigenvalue weighted by atomic mass is 16.5. The molecule has 1 amide bonds. The monoisotopic (exact) mass is 350 g/mol. The first-order chi connectivity index (χ1) is 12.4. The van der Waals surface area contributed by atoms with Crippen LogP contribution in [0.1, 0.15) is 26.3 Å². The molecule has 26 heavy (non-hydrogen) atoms. The Bertz CT molecular complexity index is 865. The number of nitrogens with one attached hydrogen (secondary N) is 2. The molecular formula is C20H22N4O2. The first-order valence-corrected chi connectivity index (χ1v) is 8.41. The van der Waals surface area contributed by atoms with E-state index >= 15 is 0 Å². The Morgan fingerprint density at radius 2 is 1.81 bits per heavy atom. The predicted octanol–water partition coefficient (Wildman–Crippen LogP) is 3.79. The lowest BCUT2D eigenvalue weighted by atomic mass is 9.87. The zero-order chi connectivity index (χ0) is 18.6. The molecule has 1 aromatic carbocycles. The van der Waals surface area contributed by atoms with Crippen LogP contribution < -0.4 is 10.1 Å². The topological polar surface area (TPSA) is 79.9 Å². The van der Waals surface area contributed by atoms with Gasteiger partial charge in [0.25, 0.3) is 5.91 Å². The van der Waals surface area contributed by atoms with E-state index in [1.807, 2.05) is 36.4 Å². The third-order valence-corrected chi connectivity index (χ3v) is 3.93. The molecule has 0 radical (unpaired) electrons. The zero-order valence-electron chi connectivity index (χ0n) is 15.1. The first kappa shape index (κ1) is 17.7. The Hall–Kier alpha value is -3.15. The number of amides is 1. The molecule has 3 aromatic rings. The summed E-state index contributed by atoms with van der Waals surface area (Å²) in [6, 6.07) is 13.3. The Labute approximate surface area is 152 Å². The summed E-state index contributed by atoms with van der Waals surface area (Å²) in [4.78, 5) is 16.0. The molecule has 0 aliphatic carbocycles. The molecule has 0 aliphatic heterocycles. The van der Waals surface area contributed by atoms with Crippen molar-refractivity contribution in [1.82, 2.24) is 15.2 Å². The lowest BCUT2D eigenvalue weighted by Gasteiger charge is -2.19. The normalized spacial score (nSPS) is 11.2. The van der Waals surface area contributed by atoms with Gasteiger partial charge in [0.1, 0.15) is 5.75 Å². The lowest BCUT2D eigenvalue weighted by Crippen LogP contribution is -2.20. The first-order valence-electron chi connectivity index (χ1n) is 8.41. The van der Waals surface area contributed by atoms with Gasteiger partial charge in [0.2, 0.25) is 0 Å². The summed E-state index contributed by atoms with van der Waals surface area (Å²) < 4.78 is 5.54. The van der Waals surface area contributed by atoms with E-state index in [2.05, 4.69) is 41.3 Å². The number of H-pyrrole nitrogens is 1. The summed E-state index contributed by atoms with van der Waals surface area (Å²) in [6.07, 6.45) is 3.40. The minimum absolute atomic E-state index is 0.0771. The maximum atomic E-state index is 12.1. The van der Waals surface area contributed by atoms with Gasteiger partial charge in [0.05, 0.1) is 5.69 Å². The fourth-order valence-electron chi connectivity index (χ4n) is 2.44. The van der Waals surface area contributed by atoms with Crippen LogP contribution in [0.3, 0.4) is 0 Å². The fourth-order valence-corrected chi connectivity index (χ4v) is 2.44. The molecule has 3 rings (SSSR count). The van der Waals surface area contributed by atoms with Crippen molar-refractivity contribution in [3.8, 4) is 17.0 Å². The van der Waals surface area contributed by atoms with Crippen molar-refractivity contribution in [2.24, 2.45) is 0 Å². The smallest absolute Gasteiger partial charge is 0.263 e. The van der Waals surface area contributed by atoms with E-state index in [0.29, 0.717) is 11.6 Å². The molecular weight excluding hydrogens is 328 g/mol. The molecule has 0 spiro atoms. The van der Waals surface area contributed by atoms with Gasteiger partial charge in [0, 0.05) is 24.0 Å². The highest BCUT2D eigenvalue weighted by molar-refractivity contribution is 5.91. The molecule has 0 atom stereocenters. The molecule has 0 saturated carbocycles. The van der Waals surface area contributed by atoms with Crippen LogP contribution >= 0.6 is 0 Å². The van der Waals surface area contributed by atoms with Crippen LogP contribution in [0.4, 0.5) is 5.82 Å². The van der Waals surface area contributed by atoms with Crippen molar-refractivity contribution in [1.29, 1.82) is 0 Å². The standard InChI is InChI=1S/C20H22N4O2/c1-20(2,3)15-4-6-16(7-5-15)26-13-19(25)22-18-12-17(23-24-18)14-8-10-21-11-9-14/h4-12H,13H2,1-3H3,(H2,22,23,24,25). The van der Waals surface area contributed by atoms with Crippen molar-refractivity contribution >= 4 is 11.7 Å². The molecule has 0 unspecified atom stereocenters. The zero-order valence-corrected chi connectivity index (χ0v) is 15.1. The highest BCUT2D eigenvalue weighted by Gasteiger charge is 2.13. The second-order valence-electron chi connectivity index (χ2n) is 7.01. The molecule has 0 saturated heterocycles. The third-order valence-electron chi connectivity index (χ3n) is 3.93. The molecule has 134 valence electrons. The van der Waals surface area contributed by atoms with E-state index in [9.17, 15) is 4.79 Å². The molecule has 2 N–H and O–H groups in total. The maximum Gasteiger partial charge on any atom is 0.263 e. The maximum absolute atomic E-state index is 12.1. The Kier molecular flexibility index (Phi) is 5.02. The number of ether oxygens (including phenoxy) is 1. The molecule has 6 heteroatoms. The number of carbonyl (C=O) groups excluding carboxylic acids is 1. The van der Waals surface area contributed by atoms with E-state index < -0.39 is 0 Å². The molecule has 0 fully saturated rings. The van der Waals surface area contributed by atoms with E-state index in [4.69, 9.17) is 4.74 Å². The van der Waals surface area contributed by atoms with E-state index in [0.717, 1.165) is 11.3 Å². The average Bonchev–Trinajstić information content (AvgIpc) is 3.09. The van der Waals surface area contributed by atoms with Crippen LogP contribution in [-0.2, 0) is 10.2 Å². The summed E-state index contributed by atoms with van der Waals surface area (Å²) in [5, 5.41) is 9.70. The van der Waals surface area contributed by atoms with E-state index in [1.165, 1.54) is 5.56 Å². The van der Waals surface area contributed by atoms with Gasteiger partial charge in [-0.3, -0.25) is 14.9 Å². The Morgan fingerprint density at radius 1 is 1.12 bits per heavy atom. The van der Waals surface area contributed by atoms with E-state index in [1.54, 1.807) is 18.5 Å². The van der Waals surface area contributed by atoms with Gasteiger partial charge in [-0.1, -0.05) is 32.9 Å². The van der Waals surface area contributed by atoms with Crippen LogP contribution in [0.15, 0.2) is 54.9 Å². The SMILES string of the molecule is CC(C)(C)c1ccc(OCC(=O)Nc2cc(-c3ccncc3)[nH]n2)cc1. The number of aromatic amines is 1. The van der Waals surface area contributed by atoms with Crippen LogP contribution in [-0.4, -0.2) is 27.7 Å². The van der Waals surface area contributed by atoms with Gasteiger partial charge >= 0.3 is 0 Å². The predicted molar refractivity (Wildman–Crippen MR) is 101 cm³/mol. The molecule has 0 aliphatic rings. The molecule has 2 heterocycles. The molecule has 0 bridgehead atoms. The molecule has 6 nitrogen and oxygen atoms in total. The van der Waals surface area contributed by atoms with Crippen LogP contribution in [0.5, 0.6) is 5.75 Å². The number of pyridine rings is 1. The lowest BCUT2D eigenvalue weighted by molar-refractivity contribution is -0.118. The third kappa shape index (κ3) is 4.47. The number of carbonyl (C=O) groups is 1. The quantitative estimate of drug-likeness (QED) is 0.734. The van der Waals surface area contributed by atoms with E-state index in [-0.39, 0.29) is 17.9 Å². The number of hydrogen-bond donors (Lipinski definition) is 2. The van der Waals surface area contributed by atoms with Gasteiger partial charge in [-0.15, -0.1) is 0 Å². The number of benzene rings is 1. The summed E-state index contributed by atoms with van der Waals surface area (Å²) in [7, 11) is 0. The number of aromatic nitrogens is 3. The van der Waals surface area contributed by atoms with Crippen LogP contribution in [0.25, 0.3) is 11.3 Å². The second kappa shape index (κ2) is 7.39. The average molecular weight is 350 g/mol. The minimum Gasteiger partial charge on any atom is -0.484 e. The van der Waals surface area contributed by atoms with Gasteiger partial charge < -0.3 is 10.1 Å². The Morgan fingerprint density at radius 3 is 2.46 bits per heavy atom. The fraction of sp³-hybridized carbons (Fsp3) is 0.250. The summed E-state index contributed by atoms with van der Waals surface area (Å²) in [6.45, 7) is 6.38. The second-order valence-corrected chi connectivity index (χ2v) is 7.01. The van der Waals surface area contributed by atoms with Crippen LogP contribution in [0, 0.1) is 0 Å². The van der Waals surface area contributed by atoms with Crippen LogP contribution in [0.2, 0.25) is 0 Å². The number of nitrogens with zero attached hydrogens (tertiary/aromatic N) is 2. The van der Waals surface area contributed by atoms with Gasteiger partial charge in [-0.2, -0.15) is 5.10 Å². The van der Waals surface area contributed by atoms with Crippen molar-refractivity contribution in [2.45, 2.75) is 26.2 Å². The highest BCUT2D eigenvalue weighted by Crippen LogP contribution is 2.24. The summed E-state index contributed by atoms with van der Waals surface area (Å²) in [5.74, 6) is 0.846. The number of anilines is 1. The van der Waals surface area contributed by atoms with Gasteiger partial charge in [0.15, 0.2) is 12.4 Å². The summed E-state index contributed by atoms with van der Waals surface area (Å²) in [5.41, 5.74) is 3.06. The van der Waals surface area contributed by atoms with Crippen molar-refractivity contribution in [3.05, 3.63) is 60.4 Å². The molecule has 2 aromatic heterocycles. The number of rotatable bonds is 5. The van der Waals surface area contributed by atoms with Crippen molar-refractivity contribution < 1.29 is 9.53 Å². The summed E-state index contributed by atoms with van der Waals surface area (Å²) >= 11 is 0. The Balaban J connectivity index is 1.54. The van der Waals surface area contributed by atoms with Gasteiger partial charge in [-0.25, -0.2) is 0 Å². The van der Waals surface area contributed by atoms with Gasteiger partial charge in [-0.05, 0) is 35.2 Å². The largest absolute Gasteiger partial charge is 0.484 e. The van der Waals surface area contributed by atoms with Crippen molar-refractivity contribution in [3.63, 3.8) is 0 Å². The van der Waals surface area contributed by atoms with Crippen molar-refractivity contribution in [2.75, 3.05) is 11.9 Å². The number of hydrogen-bond acceptors (Lipinski definition) is 4. The minimum atomic E-state index is -0.266.